The highest BCUT2D eigenvalue weighted by Crippen LogP contribution is 2.38. The van der Waals surface area contributed by atoms with Crippen LogP contribution in [0.1, 0.15) is 16.7 Å². The van der Waals surface area contributed by atoms with Gasteiger partial charge >= 0.3 is 0 Å². The Morgan fingerprint density at radius 1 is 0.900 bits per heavy atom. The van der Waals surface area contributed by atoms with E-state index in [1.807, 2.05) is 62.4 Å². The normalized spacial score (nSPS) is 16.6. The molecule has 0 radical (unpaired) electrons. The van der Waals surface area contributed by atoms with Gasteiger partial charge in [-0.1, -0.05) is 30.3 Å². The first-order valence-corrected chi connectivity index (χ1v) is 10.2. The van der Waals surface area contributed by atoms with Crippen molar-refractivity contribution < 1.29 is 15.0 Å². The van der Waals surface area contributed by atoms with Gasteiger partial charge in [0.15, 0.2) is 16.7 Å². The summed E-state index contributed by atoms with van der Waals surface area (Å²) in [6.07, 6.45) is 1.69. The lowest BCUT2D eigenvalue weighted by Crippen LogP contribution is -2.28. The minimum atomic E-state index is -0.232. The first-order chi connectivity index (χ1) is 14.4. The zero-order chi connectivity index (χ0) is 21.3. The standard InChI is InChI=1S/C24H20N2O3S/c1-15-5-3-7-18(11-15)25-24-26(19-8-4-6-16(2)12-19)23(29)22(30-24)14-17-9-10-20(27)21(28)13-17/h3-14,27-28H,1-2H3/b22-14+,25-24?. The number of nitrogens with zero attached hydrogens (tertiary/aromatic N) is 2. The number of benzene rings is 3. The Hall–Kier alpha value is -3.51. The number of anilines is 1. The number of hydrogen-bond donors (Lipinski definition) is 2. The number of aromatic hydroxyl groups is 2. The average Bonchev–Trinajstić information content (AvgIpc) is 2.99. The van der Waals surface area contributed by atoms with Crippen molar-refractivity contribution in [2.24, 2.45) is 4.99 Å². The van der Waals surface area contributed by atoms with Crippen LogP contribution in [-0.4, -0.2) is 21.3 Å². The van der Waals surface area contributed by atoms with Gasteiger partial charge < -0.3 is 10.2 Å². The molecule has 1 heterocycles. The third-order valence-electron chi connectivity index (χ3n) is 4.59. The smallest absolute Gasteiger partial charge is 0.271 e. The van der Waals surface area contributed by atoms with Gasteiger partial charge in [0.05, 0.1) is 16.3 Å². The maximum Gasteiger partial charge on any atom is 0.271 e. The molecule has 150 valence electrons. The lowest BCUT2D eigenvalue weighted by molar-refractivity contribution is -0.113. The van der Waals surface area contributed by atoms with E-state index in [1.54, 1.807) is 17.0 Å². The molecule has 1 aliphatic rings. The van der Waals surface area contributed by atoms with Crippen molar-refractivity contribution in [3.8, 4) is 11.5 Å². The number of carbonyl (C=O) groups excluding carboxylic acids is 1. The second-order valence-corrected chi connectivity index (χ2v) is 8.08. The molecule has 1 saturated heterocycles. The molecule has 1 amide bonds. The summed E-state index contributed by atoms with van der Waals surface area (Å²) in [7, 11) is 0. The zero-order valence-electron chi connectivity index (χ0n) is 16.5. The average molecular weight is 417 g/mol. The molecule has 0 aliphatic carbocycles. The Balaban J connectivity index is 1.79. The van der Waals surface area contributed by atoms with E-state index in [0.717, 1.165) is 22.5 Å². The third-order valence-corrected chi connectivity index (χ3v) is 5.56. The number of phenolic OH excluding ortho intramolecular Hbond substituents is 2. The van der Waals surface area contributed by atoms with Crippen LogP contribution in [0.15, 0.2) is 76.6 Å². The number of rotatable bonds is 3. The van der Waals surface area contributed by atoms with Crippen molar-refractivity contribution in [1.82, 2.24) is 0 Å². The lowest BCUT2D eigenvalue weighted by Gasteiger charge is -2.16. The van der Waals surface area contributed by atoms with Crippen LogP contribution >= 0.6 is 11.8 Å². The Morgan fingerprint density at radius 3 is 2.33 bits per heavy atom. The number of aliphatic imine (C=N–C) groups is 1. The van der Waals surface area contributed by atoms with Gasteiger partial charge in [-0.15, -0.1) is 0 Å². The molecule has 0 spiro atoms. The topological polar surface area (TPSA) is 73.1 Å². The number of phenols is 2. The van der Waals surface area contributed by atoms with Gasteiger partial charge in [0.25, 0.3) is 5.91 Å². The highest BCUT2D eigenvalue weighted by atomic mass is 32.2. The fourth-order valence-corrected chi connectivity index (χ4v) is 4.13. The number of aryl methyl sites for hydroxylation is 2. The molecule has 2 N–H and O–H groups in total. The molecule has 0 bridgehead atoms. The Bertz CT molecular complexity index is 1200. The van der Waals surface area contributed by atoms with Gasteiger partial charge in [0.1, 0.15) is 0 Å². The molecular formula is C24H20N2O3S. The summed E-state index contributed by atoms with van der Waals surface area (Å²) in [6.45, 7) is 3.97. The molecule has 5 nitrogen and oxygen atoms in total. The van der Waals surface area contributed by atoms with Gasteiger partial charge in [-0.05, 0) is 84.8 Å². The summed E-state index contributed by atoms with van der Waals surface area (Å²) < 4.78 is 0. The summed E-state index contributed by atoms with van der Waals surface area (Å²) >= 11 is 1.28. The van der Waals surface area contributed by atoms with E-state index in [2.05, 4.69) is 0 Å². The number of amidine groups is 1. The molecule has 30 heavy (non-hydrogen) atoms. The Kier molecular flexibility index (Phi) is 5.33. The first-order valence-electron chi connectivity index (χ1n) is 9.39. The SMILES string of the molecule is Cc1cccc(N=C2S/C(=C/c3ccc(O)c(O)c3)C(=O)N2c2cccc(C)c2)c1. The first kappa shape index (κ1) is 19.8. The zero-order valence-corrected chi connectivity index (χ0v) is 17.4. The molecule has 0 unspecified atom stereocenters. The van der Waals surface area contributed by atoms with Crippen molar-refractivity contribution in [2.75, 3.05) is 4.90 Å². The summed E-state index contributed by atoms with van der Waals surface area (Å²) in [4.78, 5) is 20.1. The summed E-state index contributed by atoms with van der Waals surface area (Å²) in [5, 5.41) is 19.9. The predicted molar refractivity (Wildman–Crippen MR) is 122 cm³/mol. The Morgan fingerprint density at radius 2 is 1.63 bits per heavy atom. The molecule has 4 rings (SSSR count). The lowest BCUT2D eigenvalue weighted by atomic mass is 10.1. The summed E-state index contributed by atoms with van der Waals surface area (Å²) in [5.74, 6) is -0.626. The second-order valence-electron chi connectivity index (χ2n) is 7.07. The minimum Gasteiger partial charge on any atom is -0.504 e. The van der Waals surface area contributed by atoms with Crippen LogP contribution in [0.4, 0.5) is 11.4 Å². The molecule has 0 saturated carbocycles. The maximum atomic E-state index is 13.3. The molecule has 6 heteroatoms. The van der Waals surface area contributed by atoms with Crippen LogP contribution in [0.3, 0.4) is 0 Å². The van der Waals surface area contributed by atoms with E-state index < -0.39 is 0 Å². The van der Waals surface area contributed by atoms with E-state index in [-0.39, 0.29) is 17.4 Å². The summed E-state index contributed by atoms with van der Waals surface area (Å²) in [5.41, 5.74) is 4.26. The van der Waals surface area contributed by atoms with Gasteiger partial charge in [0, 0.05) is 0 Å². The number of amides is 1. The molecular weight excluding hydrogens is 396 g/mol. The second kappa shape index (κ2) is 8.08. The molecule has 1 fully saturated rings. The van der Waals surface area contributed by atoms with Crippen LogP contribution in [0.5, 0.6) is 11.5 Å². The third kappa shape index (κ3) is 4.09. The Labute approximate surface area is 179 Å². The number of hydrogen-bond acceptors (Lipinski definition) is 5. The predicted octanol–water partition coefficient (Wildman–Crippen LogP) is 5.52. The van der Waals surface area contributed by atoms with Crippen LogP contribution in [0.2, 0.25) is 0 Å². The van der Waals surface area contributed by atoms with E-state index in [0.29, 0.717) is 15.6 Å². The van der Waals surface area contributed by atoms with Gasteiger partial charge in [-0.2, -0.15) is 0 Å². The highest BCUT2D eigenvalue weighted by Gasteiger charge is 2.34. The van der Waals surface area contributed by atoms with Gasteiger partial charge in [-0.25, -0.2) is 4.99 Å². The van der Waals surface area contributed by atoms with Crippen LogP contribution in [-0.2, 0) is 4.79 Å². The minimum absolute atomic E-state index is 0.190. The molecule has 0 atom stereocenters. The van der Waals surface area contributed by atoms with Crippen molar-refractivity contribution in [1.29, 1.82) is 0 Å². The molecule has 1 aliphatic heterocycles. The quantitative estimate of drug-likeness (QED) is 0.435. The molecule has 3 aromatic carbocycles. The van der Waals surface area contributed by atoms with Gasteiger partial charge in [0.2, 0.25) is 0 Å². The van der Waals surface area contributed by atoms with Gasteiger partial charge in [-0.3, -0.25) is 9.69 Å². The van der Waals surface area contributed by atoms with Crippen molar-refractivity contribution in [3.63, 3.8) is 0 Å². The van der Waals surface area contributed by atoms with Crippen LogP contribution in [0, 0.1) is 13.8 Å². The van der Waals surface area contributed by atoms with Crippen molar-refractivity contribution in [2.45, 2.75) is 13.8 Å². The largest absolute Gasteiger partial charge is 0.504 e. The highest BCUT2D eigenvalue weighted by molar-refractivity contribution is 8.19. The van der Waals surface area contributed by atoms with E-state index in [9.17, 15) is 15.0 Å². The monoisotopic (exact) mass is 416 g/mol. The van der Waals surface area contributed by atoms with E-state index in [1.165, 1.54) is 23.9 Å². The number of thioether (sulfide) groups is 1. The molecule has 3 aromatic rings. The van der Waals surface area contributed by atoms with Crippen molar-refractivity contribution >= 4 is 40.3 Å². The fourth-order valence-electron chi connectivity index (χ4n) is 3.13. The fraction of sp³-hybridized carbons (Fsp3) is 0.0833. The van der Waals surface area contributed by atoms with E-state index in [4.69, 9.17) is 4.99 Å². The van der Waals surface area contributed by atoms with Crippen molar-refractivity contribution in [3.05, 3.63) is 88.3 Å². The maximum absolute atomic E-state index is 13.3. The van der Waals surface area contributed by atoms with Crippen LogP contribution < -0.4 is 4.90 Å². The molecule has 0 aromatic heterocycles. The summed E-state index contributed by atoms with van der Waals surface area (Å²) in [6, 6.07) is 20.0. The van der Waals surface area contributed by atoms with Crippen LogP contribution in [0.25, 0.3) is 6.08 Å². The number of carbonyl (C=O) groups is 1. The van der Waals surface area contributed by atoms with E-state index >= 15 is 0 Å².